The van der Waals surface area contributed by atoms with Crippen LogP contribution in [-0.2, 0) is 11.3 Å². The predicted octanol–water partition coefficient (Wildman–Crippen LogP) is 4.48. The minimum atomic E-state index is -0.296. The number of aromatic nitrogens is 3. The van der Waals surface area contributed by atoms with E-state index in [1.807, 2.05) is 46.7 Å². The van der Waals surface area contributed by atoms with Crippen molar-refractivity contribution in [1.29, 1.82) is 0 Å². The Morgan fingerprint density at radius 3 is 2.59 bits per heavy atom. The summed E-state index contributed by atoms with van der Waals surface area (Å²) in [6.45, 7) is 4.56. The highest BCUT2D eigenvalue weighted by Crippen LogP contribution is 2.38. The normalized spacial score (nSPS) is 15.2. The maximum atomic E-state index is 13.2. The number of nitrogens with zero attached hydrogens (tertiary/aromatic N) is 4. The number of carbonyl (C=O) groups excluding carboxylic acids is 1. The van der Waals surface area contributed by atoms with Crippen molar-refractivity contribution in [3.05, 3.63) is 53.4 Å². The van der Waals surface area contributed by atoms with Crippen LogP contribution in [0.4, 0.5) is 0 Å². The minimum Gasteiger partial charge on any atom is -0.341 e. The maximum absolute atomic E-state index is 13.2. The van der Waals surface area contributed by atoms with Gasteiger partial charge in [-0.05, 0) is 36.8 Å². The minimum absolute atomic E-state index is 0.173. The summed E-state index contributed by atoms with van der Waals surface area (Å²) in [5, 5.41) is 11.4. The number of benzene rings is 1. The molecule has 0 N–H and O–H groups in total. The average molecular weight is 399 g/mol. The lowest BCUT2D eigenvalue weighted by Crippen LogP contribution is -2.31. The molecule has 1 atom stereocenters. The lowest BCUT2D eigenvalue weighted by atomic mass is 10.1. The maximum Gasteiger partial charge on any atom is 0.240 e. The number of carbonyl (C=O) groups is 1. The predicted molar refractivity (Wildman–Crippen MR) is 110 cm³/mol. The molecule has 1 unspecified atom stereocenters. The fraction of sp³-hybridized carbons (Fsp3) is 0.350. The molecule has 3 heterocycles. The highest BCUT2D eigenvalue weighted by molar-refractivity contribution is 8.00. The summed E-state index contributed by atoms with van der Waals surface area (Å²) in [5.74, 6) is 1.04. The highest BCUT2D eigenvalue weighted by Gasteiger charge is 2.30. The molecular weight excluding hydrogens is 376 g/mol. The van der Waals surface area contributed by atoms with Gasteiger partial charge in [-0.2, -0.15) is 0 Å². The van der Waals surface area contributed by atoms with E-state index in [0.717, 1.165) is 53.9 Å². The number of rotatable bonds is 6. The van der Waals surface area contributed by atoms with Gasteiger partial charge in [0.15, 0.2) is 11.0 Å². The molecule has 1 aromatic carbocycles. The van der Waals surface area contributed by atoms with Gasteiger partial charge in [-0.1, -0.05) is 48.2 Å². The van der Waals surface area contributed by atoms with E-state index >= 15 is 0 Å². The number of thiophene rings is 1. The Balaban J connectivity index is 1.67. The number of hydrogen-bond donors (Lipinski definition) is 0. The Hall–Kier alpha value is -2.12. The number of thioether (sulfide) groups is 1. The second kappa shape index (κ2) is 8.27. The van der Waals surface area contributed by atoms with Gasteiger partial charge < -0.3 is 9.47 Å². The van der Waals surface area contributed by atoms with E-state index in [2.05, 4.69) is 27.8 Å². The van der Waals surface area contributed by atoms with Crippen LogP contribution in [0.3, 0.4) is 0 Å². The fourth-order valence-electron chi connectivity index (χ4n) is 3.35. The van der Waals surface area contributed by atoms with E-state index in [0.29, 0.717) is 0 Å². The summed E-state index contributed by atoms with van der Waals surface area (Å²) in [4.78, 5) is 16.3. The molecule has 3 aromatic rings. The quantitative estimate of drug-likeness (QED) is 0.575. The highest BCUT2D eigenvalue weighted by atomic mass is 32.2. The van der Waals surface area contributed by atoms with Crippen LogP contribution in [0.2, 0.25) is 0 Å². The van der Waals surface area contributed by atoms with Crippen molar-refractivity contribution in [3.8, 4) is 10.7 Å². The second-order valence-corrected chi connectivity index (χ2v) is 8.49. The zero-order chi connectivity index (χ0) is 18.6. The number of likely N-dealkylation sites (tertiary alicyclic amines) is 1. The topological polar surface area (TPSA) is 51.0 Å². The molecule has 0 saturated carbocycles. The summed E-state index contributed by atoms with van der Waals surface area (Å²) in [6, 6.07) is 14.1. The van der Waals surface area contributed by atoms with Crippen LogP contribution in [0.15, 0.2) is 53.0 Å². The van der Waals surface area contributed by atoms with Crippen molar-refractivity contribution in [1.82, 2.24) is 19.7 Å². The monoisotopic (exact) mass is 398 g/mol. The molecule has 0 radical (unpaired) electrons. The van der Waals surface area contributed by atoms with Gasteiger partial charge in [0, 0.05) is 19.6 Å². The molecule has 0 aliphatic carbocycles. The van der Waals surface area contributed by atoms with Gasteiger partial charge in [0.1, 0.15) is 5.25 Å². The molecule has 0 bridgehead atoms. The van der Waals surface area contributed by atoms with Crippen LogP contribution in [0.5, 0.6) is 0 Å². The Labute approximate surface area is 167 Å². The van der Waals surface area contributed by atoms with Crippen LogP contribution >= 0.6 is 23.1 Å². The molecule has 1 amide bonds. The zero-order valence-corrected chi connectivity index (χ0v) is 16.9. The van der Waals surface area contributed by atoms with E-state index in [9.17, 15) is 4.79 Å². The zero-order valence-electron chi connectivity index (χ0n) is 15.2. The molecule has 140 valence electrons. The van der Waals surface area contributed by atoms with Crippen LogP contribution in [0.25, 0.3) is 10.7 Å². The van der Waals surface area contributed by atoms with Crippen LogP contribution in [0.1, 0.15) is 30.6 Å². The lowest BCUT2D eigenvalue weighted by Gasteiger charge is -2.23. The van der Waals surface area contributed by atoms with Gasteiger partial charge in [-0.15, -0.1) is 21.5 Å². The first-order valence-electron chi connectivity index (χ1n) is 9.25. The average Bonchev–Trinajstić information content (AvgIpc) is 3.47. The van der Waals surface area contributed by atoms with Crippen molar-refractivity contribution >= 4 is 29.0 Å². The van der Waals surface area contributed by atoms with E-state index < -0.39 is 0 Å². The third-order valence-electron chi connectivity index (χ3n) is 4.74. The fourth-order valence-corrected chi connectivity index (χ4v) is 5.25. The summed E-state index contributed by atoms with van der Waals surface area (Å²) in [7, 11) is 0. The third-order valence-corrected chi connectivity index (χ3v) is 6.83. The van der Waals surface area contributed by atoms with Gasteiger partial charge in [-0.3, -0.25) is 4.79 Å². The molecule has 1 aliphatic heterocycles. The van der Waals surface area contributed by atoms with Crippen molar-refractivity contribution in [3.63, 3.8) is 0 Å². The first-order chi connectivity index (χ1) is 13.3. The molecular formula is C20H22N4OS2. The molecule has 5 nitrogen and oxygen atoms in total. The molecule has 27 heavy (non-hydrogen) atoms. The van der Waals surface area contributed by atoms with Crippen LogP contribution in [0, 0.1) is 0 Å². The third kappa shape index (κ3) is 3.80. The number of amides is 1. The van der Waals surface area contributed by atoms with Crippen molar-refractivity contribution in [2.24, 2.45) is 0 Å². The smallest absolute Gasteiger partial charge is 0.240 e. The molecule has 7 heteroatoms. The lowest BCUT2D eigenvalue weighted by molar-refractivity contribution is -0.129. The molecule has 1 aliphatic rings. The van der Waals surface area contributed by atoms with E-state index in [-0.39, 0.29) is 11.2 Å². The largest absolute Gasteiger partial charge is 0.341 e. The Morgan fingerprint density at radius 2 is 1.93 bits per heavy atom. The van der Waals surface area contributed by atoms with E-state index in [1.165, 1.54) is 11.8 Å². The Kier molecular flexibility index (Phi) is 5.59. The standard InChI is InChI=1S/C20H22N4OS2/c1-2-24-18(16-11-8-14-26-16)21-22-20(24)27-17(15-9-4-3-5-10-15)19(25)23-12-6-7-13-23/h3-5,8-11,14,17H,2,6-7,12-13H2,1H3. The van der Waals surface area contributed by atoms with Gasteiger partial charge in [0.05, 0.1) is 4.88 Å². The first kappa shape index (κ1) is 18.3. The summed E-state index contributed by atoms with van der Waals surface area (Å²) >= 11 is 3.16. The van der Waals surface area contributed by atoms with Crippen molar-refractivity contribution < 1.29 is 4.79 Å². The Morgan fingerprint density at radius 1 is 1.15 bits per heavy atom. The first-order valence-corrected chi connectivity index (χ1v) is 11.0. The summed E-state index contributed by atoms with van der Waals surface area (Å²) in [6.07, 6.45) is 2.18. The van der Waals surface area contributed by atoms with Crippen molar-refractivity contribution in [2.75, 3.05) is 13.1 Å². The molecule has 0 spiro atoms. The molecule has 4 rings (SSSR count). The van der Waals surface area contributed by atoms with Gasteiger partial charge in [0.2, 0.25) is 5.91 Å². The van der Waals surface area contributed by atoms with Crippen molar-refractivity contribution in [2.45, 2.75) is 36.7 Å². The molecule has 1 fully saturated rings. The van der Waals surface area contributed by atoms with Crippen LogP contribution in [-0.4, -0.2) is 38.7 Å². The summed E-state index contributed by atoms with van der Waals surface area (Å²) in [5.41, 5.74) is 1.02. The van der Waals surface area contributed by atoms with E-state index in [4.69, 9.17) is 0 Å². The van der Waals surface area contributed by atoms with Gasteiger partial charge >= 0.3 is 0 Å². The SMILES string of the molecule is CCn1c(SC(C(=O)N2CCCC2)c2ccccc2)nnc1-c1cccs1. The molecule has 2 aromatic heterocycles. The van der Waals surface area contributed by atoms with Crippen LogP contribution < -0.4 is 0 Å². The van der Waals surface area contributed by atoms with Gasteiger partial charge in [0.25, 0.3) is 0 Å². The number of hydrogen-bond acceptors (Lipinski definition) is 5. The summed E-state index contributed by atoms with van der Waals surface area (Å²) < 4.78 is 2.10. The van der Waals surface area contributed by atoms with Gasteiger partial charge in [-0.25, -0.2) is 0 Å². The molecule has 1 saturated heterocycles. The second-order valence-electron chi connectivity index (χ2n) is 6.47. The van der Waals surface area contributed by atoms with E-state index in [1.54, 1.807) is 11.3 Å². The Bertz CT molecular complexity index is 886.